The number of hydrogen-bond acceptors (Lipinski definition) is 4. The van der Waals surface area contributed by atoms with Crippen LogP contribution in [0.15, 0.2) is 321 Å². The molecule has 0 atom stereocenters. The second-order valence-corrected chi connectivity index (χ2v) is 27.4. The second kappa shape index (κ2) is 20.1. The highest BCUT2D eigenvalue weighted by Gasteiger charge is 2.36. The number of benzene rings is 15. The van der Waals surface area contributed by atoms with Crippen LogP contribution in [0, 0.1) is 0 Å². The summed E-state index contributed by atoms with van der Waals surface area (Å²) in [6.45, 7) is 4.72. The Morgan fingerprint density at radius 1 is 0.212 bits per heavy atom. The van der Waals surface area contributed by atoms with Gasteiger partial charge in [0.1, 0.15) is 44.7 Å². The molecule has 462 valence electrons. The van der Waals surface area contributed by atoms with Crippen LogP contribution in [0.2, 0.25) is 0 Å². The van der Waals surface area contributed by atoms with E-state index in [1.807, 2.05) is 18.2 Å². The standard InChI is InChI=1S/C93H56N2O4/c1-93(2)79-29-10-6-19-61(79)71-51-74-62-20-7-11-30-81(62)95(84(74)52-80(71)93)60-40-44-88-76(50-60)69-27-16-28-70(91(69)99-88)78-48-58(47-77-64-22-9-13-32-86(64)97-92(77)78)55-35-33-54(34-36-55)57-38-42-83-73(46-57)72-45-56(53-17-4-3-5-18-53)37-41-82(72)94(83)59-39-43-87-75(49-59)68-26-15-25-67(90(68)98-87)66-24-14-23-65-63-21-8-12-31-85(63)96-89(65)66/h3-52H,1-2H3. The van der Waals surface area contributed by atoms with Crippen LogP contribution in [-0.2, 0) is 5.41 Å². The molecule has 0 aliphatic heterocycles. The van der Waals surface area contributed by atoms with Crippen molar-refractivity contribution in [2.75, 3.05) is 0 Å². The molecule has 0 unspecified atom stereocenters. The first-order chi connectivity index (χ1) is 48.8. The highest BCUT2D eigenvalue weighted by atomic mass is 16.3. The third kappa shape index (κ3) is 7.77. The molecule has 0 saturated heterocycles. The SMILES string of the molecule is CC1(C)c2ccccc2-c2cc3c4ccccc4n(-c4ccc5oc6c(-c7cc(-c8ccc(-c9ccc%10c(c9)c9cc(-c%11ccccc%11)ccc9n%10-c9ccc%10oc%11c(-c%12cccc%13c%12oc%12ccccc%12%13)cccc%11c%10c9)cc8)cc8c7oc7ccccc78)cccc6c5c4)c3cc21. The summed E-state index contributed by atoms with van der Waals surface area (Å²) in [6.07, 6.45) is 0. The fraction of sp³-hybridized carbons (Fsp3) is 0.0323. The molecule has 0 fully saturated rings. The largest absolute Gasteiger partial charge is 0.455 e. The Kier molecular flexibility index (Phi) is 11.0. The maximum atomic E-state index is 7.06. The van der Waals surface area contributed by atoms with Gasteiger partial charge >= 0.3 is 0 Å². The summed E-state index contributed by atoms with van der Waals surface area (Å²) in [7, 11) is 0. The molecule has 99 heavy (non-hydrogen) atoms. The van der Waals surface area contributed by atoms with Gasteiger partial charge in [0.05, 0.1) is 22.1 Å². The summed E-state index contributed by atoms with van der Waals surface area (Å²) in [5.41, 5.74) is 29.5. The van der Waals surface area contributed by atoms with Crippen LogP contribution in [-0.4, -0.2) is 9.13 Å². The summed E-state index contributed by atoms with van der Waals surface area (Å²) in [5, 5.41) is 13.4. The van der Waals surface area contributed by atoms with E-state index in [2.05, 4.69) is 308 Å². The highest BCUT2D eigenvalue weighted by molar-refractivity contribution is 6.19. The van der Waals surface area contributed by atoms with Crippen LogP contribution < -0.4 is 0 Å². The average molecular weight is 1270 g/mol. The van der Waals surface area contributed by atoms with Gasteiger partial charge in [-0.05, 0) is 159 Å². The Labute approximate surface area is 566 Å². The van der Waals surface area contributed by atoms with Crippen molar-refractivity contribution in [3.8, 4) is 78.1 Å². The van der Waals surface area contributed by atoms with Crippen molar-refractivity contribution in [1.29, 1.82) is 0 Å². The van der Waals surface area contributed by atoms with Crippen LogP contribution >= 0.6 is 0 Å². The zero-order valence-corrected chi connectivity index (χ0v) is 53.9. The first-order valence-electron chi connectivity index (χ1n) is 34.0. The molecule has 0 bridgehead atoms. The lowest BCUT2D eigenvalue weighted by Gasteiger charge is -2.21. The minimum absolute atomic E-state index is 0.134. The summed E-state index contributed by atoms with van der Waals surface area (Å²) >= 11 is 0. The lowest BCUT2D eigenvalue weighted by atomic mass is 9.82. The van der Waals surface area contributed by atoms with Crippen LogP contribution in [0.25, 0.3) is 210 Å². The number of rotatable bonds is 7. The van der Waals surface area contributed by atoms with Crippen molar-refractivity contribution in [3.05, 3.63) is 314 Å². The molecule has 0 radical (unpaired) electrons. The Hall–Kier alpha value is -12.9. The third-order valence-corrected chi connectivity index (χ3v) is 21.7. The molecule has 21 aromatic rings. The third-order valence-electron chi connectivity index (χ3n) is 21.7. The van der Waals surface area contributed by atoms with E-state index in [4.69, 9.17) is 17.7 Å². The smallest absolute Gasteiger partial charge is 0.143 e. The number of fused-ring (bicyclic) bond motifs is 21. The van der Waals surface area contributed by atoms with Crippen LogP contribution in [0.4, 0.5) is 0 Å². The summed E-state index contributed by atoms with van der Waals surface area (Å²) < 4.78 is 32.2. The lowest BCUT2D eigenvalue weighted by Crippen LogP contribution is -2.14. The molecule has 6 aromatic heterocycles. The molecule has 15 aromatic carbocycles. The van der Waals surface area contributed by atoms with Gasteiger partial charge in [0.2, 0.25) is 0 Å². The first kappa shape index (κ1) is 54.4. The summed E-state index contributed by atoms with van der Waals surface area (Å²) in [4.78, 5) is 0. The van der Waals surface area contributed by atoms with Gasteiger partial charge < -0.3 is 26.8 Å². The van der Waals surface area contributed by atoms with E-state index in [0.717, 1.165) is 155 Å². The molecule has 0 amide bonds. The van der Waals surface area contributed by atoms with Gasteiger partial charge in [-0.1, -0.05) is 214 Å². The number of furan rings is 4. The molecular weight excluding hydrogens is 1210 g/mol. The lowest BCUT2D eigenvalue weighted by molar-refractivity contribution is 0.661. The normalized spacial score (nSPS) is 13.0. The molecule has 22 rings (SSSR count). The van der Waals surface area contributed by atoms with E-state index in [1.54, 1.807) is 0 Å². The first-order valence-corrected chi connectivity index (χ1v) is 34.0. The van der Waals surface area contributed by atoms with Crippen molar-refractivity contribution < 1.29 is 17.7 Å². The molecule has 0 spiro atoms. The second-order valence-electron chi connectivity index (χ2n) is 27.4. The van der Waals surface area contributed by atoms with Gasteiger partial charge in [0.25, 0.3) is 0 Å². The number of hydrogen-bond donors (Lipinski definition) is 0. The fourth-order valence-corrected chi connectivity index (χ4v) is 17.0. The van der Waals surface area contributed by atoms with Gasteiger partial charge in [-0.3, -0.25) is 0 Å². The van der Waals surface area contributed by atoms with Crippen LogP contribution in [0.3, 0.4) is 0 Å². The molecule has 6 heterocycles. The van der Waals surface area contributed by atoms with Gasteiger partial charge in [-0.25, -0.2) is 0 Å². The quantitative estimate of drug-likeness (QED) is 0.160. The van der Waals surface area contributed by atoms with Crippen molar-refractivity contribution in [2.45, 2.75) is 19.3 Å². The maximum Gasteiger partial charge on any atom is 0.143 e. The van der Waals surface area contributed by atoms with Crippen molar-refractivity contribution in [1.82, 2.24) is 9.13 Å². The molecule has 1 aliphatic rings. The Morgan fingerprint density at radius 3 is 1.24 bits per heavy atom. The fourth-order valence-electron chi connectivity index (χ4n) is 17.0. The highest BCUT2D eigenvalue weighted by Crippen LogP contribution is 2.52. The molecule has 0 saturated carbocycles. The Bertz CT molecular complexity index is 7060. The zero-order valence-electron chi connectivity index (χ0n) is 53.9. The van der Waals surface area contributed by atoms with Gasteiger partial charge in [-0.15, -0.1) is 0 Å². The van der Waals surface area contributed by atoms with E-state index in [0.29, 0.717) is 0 Å². The van der Waals surface area contributed by atoms with E-state index in [9.17, 15) is 0 Å². The van der Waals surface area contributed by atoms with E-state index < -0.39 is 0 Å². The maximum absolute atomic E-state index is 7.06. The number of nitrogens with zero attached hydrogens (tertiary/aromatic N) is 2. The zero-order chi connectivity index (χ0) is 64.9. The van der Waals surface area contributed by atoms with Gasteiger partial charge in [0, 0.05) is 104 Å². The Morgan fingerprint density at radius 2 is 0.626 bits per heavy atom. The topological polar surface area (TPSA) is 62.4 Å². The van der Waals surface area contributed by atoms with Crippen molar-refractivity contribution in [2.24, 2.45) is 0 Å². The minimum Gasteiger partial charge on any atom is -0.455 e. The van der Waals surface area contributed by atoms with Crippen LogP contribution in [0.5, 0.6) is 0 Å². The molecule has 0 N–H and O–H groups in total. The Balaban J connectivity index is 0.651. The van der Waals surface area contributed by atoms with E-state index in [1.165, 1.54) is 66.0 Å². The number of para-hydroxylation sites is 6. The van der Waals surface area contributed by atoms with E-state index in [-0.39, 0.29) is 5.41 Å². The van der Waals surface area contributed by atoms with Crippen LogP contribution in [0.1, 0.15) is 25.0 Å². The number of aromatic nitrogens is 2. The van der Waals surface area contributed by atoms with Gasteiger partial charge in [-0.2, -0.15) is 0 Å². The average Bonchev–Trinajstić information content (AvgIpc) is 1.57. The van der Waals surface area contributed by atoms with Gasteiger partial charge in [0.15, 0.2) is 0 Å². The molecule has 6 heteroatoms. The van der Waals surface area contributed by atoms with E-state index >= 15 is 0 Å². The molecular formula is C93H56N2O4. The summed E-state index contributed by atoms with van der Waals surface area (Å²) in [6, 6.07) is 110. The van der Waals surface area contributed by atoms with Crippen molar-refractivity contribution in [3.63, 3.8) is 0 Å². The minimum atomic E-state index is -0.134. The molecule has 1 aliphatic carbocycles. The monoisotopic (exact) mass is 1260 g/mol. The summed E-state index contributed by atoms with van der Waals surface area (Å²) in [5.74, 6) is 0. The predicted molar refractivity (Wildman–Crippen MR) is 409 cm³/mol. The molecule has 6 nitrogen and oxygen atoms in total. The predicted octanol–water partition coefficient (Wildman–Crippen LogP) is 26.1. The van der Waals surface area contributed by atoms with Crippen molar-refractivity contribution >= 4 is 131 Å².